The normalized spacial score (nSPS) is 15.3. The number of carbonyl (C=O) groups is 1. The van der Waals surface area contributed by atoms with Crippen LogP contribution in [-0.4, -0.2) is 21.0 Å². The minimum absolute atomic E-state index is 0.186. The lowest BCUT2D eigenvalue weighted by Gasteiger charge is -2.20. The summed E-state index contributed by atoms with van der Waals surface area (Å²) in [5, 5.41) is 1.42. The Morgan fingerprint density at radius 1 is 1.25 bits per heavy atom. The maximum Gasteiger partial charge on any atom is 0.340 e. The Hall–Kier alpha value is -2.08. The second kappa shape index (κ2) is 5.77. The first kappa shape index (κ1) is 16.8. The van der Waals surface area contributed by atoms with Gasteiger partial charge in [-0.15, -0.1) is 0 Å². The lowest BCUT2D eigenvalue weighted by Crippen LogP contribution is -2.26. The van der Waals surface area contributed by atoms with Gasteiger partial charge in [-0.3, -0.25) is 4.79 Å². The van der Waals surface area contributed by atoms with Crippen LogP contribution in [0.2, 0.25) is 0 Å². The van der Waals surface area contributed by atoms with Crippen molar-refractivity contribution in [2.24, 2.45) is 5.41 Å². The minimum atomic E-state index is -3.76. The van der Waals surface area contributed by atoms with E-state index in [0.717, 1.165) is 10.9 Å². The Kier molecular flexibility index (Phi) is 4.03. The van der Waals surface area contributed by atoms with Crippen molar-refractivity contribution in [3.63, 3.8) is 0 Å². The van der Waals surface area contributed by atoms with E-state index < -0.39 is 15.5 Å². The molecule has 0 bridgehead atoms. The third-order valence-electron chi connectivity index (χ3n) is 4.49. The molecule has 0 saturated heterocycles. The molecule has 1 heterocycles. The summed E-state index contributed by atoms with van der Waals surface area (Å²) in [7, 11) is -3.76. The zero-order valence-corrected chi connectivity index (χ0v) is 14.8. The third-order valence-corrected chi connectivity index (χ3v) is 5.75. The Morgan fingerprint density at radius 3 is 2.71 bits per heavy atom. The van der Waals surface area contributed by atoms with E-state index in [1.165, 1.54) is 0 Å². The number of esters is 1. The van der Waals surface area contributed by atoms with Gasteiger partial charge in [0.25, 0.3) is 0 Å². The molecule has 0 radical (unpaired) electrons. The number of hydrogen-bond acceptors (Lipinski definition) is 5. The molecule has 2 aromatic carbocycles. The Morgan fingerprint density at radius 2 is 2.00 bits per heavy atom. The molecule has 0 amide bonds. The van der Waals surface area contributed by atoms with E-state index in [1.807, 2.05) is 32.9 Å². The van der Waals surface area contributed by atoms with Crippen LogP contribution in [0, 0.1) is 5.41 Å². The molecule has 0 saturated carbocycles. The van der Waals surface area contributed by atoms with Crippen LogP contribution in [0.3, 0.4) is 0 Å². The van der Waals surface area contributed by atoms with Gasteiger partial charge in [0.2, 0.25) is 0 Å². The number of benzene rings is 2. The molecule has 0 atom stereocenters. The fourth-order valence-corrected chi connectivity index (χ4v) is 3.82. The standard InChI is InChI=1S/C18H20O5S/c1-4-18(2,3)17(19)22-9-8-12-10-13-6-5-7-14-16(13)15(11-12)24(20,21)23-14/h5-7,10-11H,4,8-9H2,1-3H3. The molecule has 0 N–H and O–H groups in total. The van der Waals surface area contributed by atoms with Crippen molar-refractivity contribution in [3.05, 3.63) is 35.9 Å². The fourth-order valence-electron chi connectivity index (χ4n) is 2.59. The van der Waals surface area contributed by atoms with Gasteiger partial charge in [-0.25, -0.2) is 0 Å². The fraction of sp³-hybridized carbons (Fsp3) is 0.389. The number of rotatable bonds is 5. The van der Waals surface area contributed by atoms with Gasteiger partial charge < -0.3 is 8.92 Å². The SMILES string of the molecule is CCC(C)(C)C(=O)OCCc1cc2c3c(cccc3c1)OS2(=O)=O. The number of carbonyl (C=O) groups excluding carboxylic acids is 1. The molecule has 128 valence electrons. The van der Waals surface area contributed by atoms with Gasteiger partial charge >= 0.3 is 16.1 Å². The first-order valence-electron chi connectivity index (χ1n) is 7.92. The van der Waals surface area contributed by atoms with Gasteiger partial charge in [0.1, 0.15) is 4.90 Å². The molecule has 2 aromatic rings. The molecule has 0 fully saturated rings. The van der Waals surface area contributed by atoms with E-state index in [1.54, 1.807) is 18.2 Å². The minimum Gasteiger partial charge on any atom is -0.465 e. The molecule has 24 heavy (non-hydrogen) atoms. The molecule has 0 spiro atoms. The first-order valence-corrected chi connectivity index (χ1v) is 9.33. The van der Waals surface area contributed by atoms with Crippen LogP contribution in [-0.2, 0) is 26.1 Å². The van der Waals surface area contributed by atoms with E-state index in [2.05, 4.69) is 0 Å². The first-order chi connectivity index (χ1) is 11.2. The lowest BCUT2D eigenvalue weighted by molar-refractivity contribution is -0.154. The largest absolute Gasteiger partial charge is 0.465 e. The summed E-state index contributed by atoms with van der Waals surface area (Å²) >= 11 is 0. The molecule has 1 aliphatic heterocycles. The van der Waals surface area contributed by atoms with Crippen LogP contribution < -0.4 is 4.18 Å². The summed E-state index contributed by atoms with van der Waals surface area (Å²) in [6.45, 7) is 5.84. The van der Waals surface area contributed by atoms with Crippen molar-refractivity contribution in [1.82, 2.24) is 0 Å². The van der Waals surface area contributed by atoms with Crippen LogP contribution in [0.1, 0.15) is 32.8 Å². The van der Waals surface area contributed by atoms with Gasteiger partial charge in [0, 0.05) is 11.8 Å². The summed E-state index contributed by atoms with van der Waals surface area (Å²) in [6, 6.07) is 8.76. The summed E-state index contributed by atoms with van der Waals surface area (Å²) in [6.07, 6.45) is 1.15. The molecule has 1 aliphatic rings. The average Bonchev–Trinajstić information content (AvgIpc) is 2.79. The Bertz CT molecular complexity index is 912. The van der Waals surface area contributed by atoms with Crippen molar-refractivity contribution in [2.75, 3.05) is 6.61 Å². The average molecular weight is 348 g/mol. The second-order valence-electron chi connectivity index (χ2n) is 6.61. The van der Waals surface area contributed by atoms with Gasteiger partial charge in [0.15, 0.2) is 5.75 Å². The van der Waals surface area contributed by atoms with Crippen LogP contribution >= 0.6 is 0 Å². The van der Waals surface area contributed by atoms with Crippen molar-refractivity contribution >= 4 is 26.9 Å². The smallest absolute Gasteiger partial charge is 0.340 e. The maximum atomic E-state index is 12.1. The quantitative estimate of drug-likeness (QED) is 0.611. The second-order valence-corrected chi connectivity index (χ2v) is 8.12. The number of ether oxygens (including phenoxy) is 1. The van der Waals surface area contributed by atoms with Crippen LogP contribution in [0.5, 0.6) is 5.75 Å². The highest BCUT2D eigenvalue weighted by Gasteiger charge is 2.30. The van der Waals surface area contributed by atoms with Crippen molar-refractivity contribution in [3.8, 4) is 5.75 Å². The van der Waals surface area contributed by atoms with Gasteiger partial charge in [-0.05, 0) is 43.4 Å². The van der Waals surface area contributed by atoms with Gasteiger partial charge in [0.05, 0.1) is 12.0 Å². The van der Waals surface area contributed by atoms with Gasteiger partial charge in [-0.2, -0.15) is 8.42 Å². The lowest BCUT2D eigenvalue weighted by atomic mass is 9.91. The highest BCUT2D eigenvalue weighted by molar-refractivity contribution is 7.87. The van der Waals surface area contributed by atoms with Crippen molar-refractivity contribution < 1.29 is 22.1 Å². The molecular weight excluding hydrogens is 328 g/mol. The maximum absolute atomic E-state index is 12.1. The van der Waals surface area contributed by atoms with Gasteiger partial charge in [-0.1, -0.05) is 25.1 Å². The van der Waals surface area contributed by atoms with Crippen LogP contribution in [0.15, 0.2) is 35.2 Å². The molecule has 6 heteroatoms. The molecule has 0 aliphatic carbocycles. The zero-order valence-electron chi connectivity index (χ0n) is 14.0. The monoisotopic (exact) mass is 348 g/mol. The molecule has 3 rings (SSSR count). The molecule has 0 aromatic heterocycles. The van der Waals surface area contributed by atoms with E-state index in [-0.39, 0.29) is 17.5 Å². The third kappa shape index (κ3) is 2.86. The van der Waals surface area contributed by atoms with Crippen molar-refractivity contribution in [2.45, 2.75) is 38.5 Å². The van der Waals surface area contributed by atoms with E-state index in [0.29, 0.717) is 24.0 Å². The Balaban J connectivity index is 1.82. The van der Waals surface area contributed by atoms with E-state index >= 15 is 0 Å². The highest BCUT2D eigenvalue weighted by atomic mass is 32.2. The summed E-state index contributed by atoms with van der Waals surface area (Å²) in [4.78, 5) is 12.2. The predicted octanol–water partition coefficient (Wildman–Crippen LogP) is 3.44. The summed E-state index contributed by atoms with van der Waals surface area (Å²) in [5.74, 6) is 0.124. The van der Waals surface area contributed by atoms with E-state index in [9.17, 15) is 13.2 Å². The van der Waals surface area contributed by atoms with Crippen LogP contribution in [0.4, 0.5) is 0 Å². The predicted molar refractivity (Wildman–Crippen MR) is 90.5 cm³/mol. The zero-order chi connectivity index (χ0) is 17.5. The summed E-state index contributed by atoms with van der Waals surface area (Å²) < 4.78 is 34.6. The Labute approximate surface area is 141 Å². The van der Waals surface area contributed by atoms with Crippen molar-refractivity contribution in [1.29, 1.82) is 0 Å². The highest BCUT2D eigenvalue weighted by Crippen LogP contribution is 2.40. The topological polar surface area (TPSA) is 69.7 Å². The summed E-state index contributed by atoms with van der Waals surface area (Å²) in [5.41, 5.74) is 0.287. The van der Waals surface area contributed by atoms with Crippen LogP contribution in [0.25, 0.3) is 10.8 Å². The molecular formula is C18H20O5S. The molecule has 0 unspecified atom stereocenters. The molecule has 5 nitrogen and oxygen atoms in total. The number of hydrogen-bond donors (Lipinski definition) is 0. The van der Waals surface area contributed by atoms with E-state index in [4.69, 9.17) is 8.92 Å².